The van der Waals surface area contributed by atoms with E-state index in [1.54, 1.807) is 0 Å². The Hall–Kier alpha value is -4.71. The molecule has 0 atom stereocenters. The van der Waals surface area contributed by atoms with Crippen molar-refractivity contribution >= 4 is 22.8 Å². The Labute approximate surface area is 218 Å². The van der Waals surface area contributed by atoms with Gasteiger partial charge in [0.1, 0.15) is 5.78 Å². The first-order valence-corrected chi connectivity index (χ1v) is 11.5. The Morgan fingerprint density at radius 2 is 1.24 bits per heavy atom. The standard InChI is InChI=1S/C20H25NO.C6H3N3O7/c1-4-19(22)20(15-16-21(2)3,17-11-7-5-8-12-17)18-13-9-6-10-14-18;10-6-4(8(13)14)1-3(7(11)12)2-5(6)9(15)16/h5-14H,4,15-16H2,1-3H3;1-2,10H. The van der Waals surface area contributed by atoms with Crippen LogP contribution in [-0.2, 0) is 10.2 Å². The summed E-state index contributed by atoms with van der Waals surface area (Å²) in [4.78, 5) is 42.9. The number of phenolic OH excluding ortho intramolecular Hbond substituents is 1. The molecule has 0 bridgehead atoms. The van der Waals surface area contributed by atoms with Crippen molar-refractivity contribution in [2.45, 2.75) is 25.2 Å². The molecule has 0 saturated heterocycles. The number of Topliss-reactive ketones (excluding diaryl/α,β-unsaturated/α-hetero) is 1. The van der Waals surface area contributed by atoms with Crippen molar-refractivity contribution in [2.24, 2.45) is 0 Å². The number of hydrogen-bond acceptors (Lipinski definition) is 9. The van der Waals surface area contributed by atoms with E-state index < -0.39 is 43.0 Å². The molecule has 12 heteroatoms. The summed E-state index contributed by atoms with van der Waals surface area (Å²) in [7, 11) is 4.11. The zero-order valence-corrected chi connectivity index (χ0v) is 21.1. The highest BCUT2D eigenvalue weighted by Gasteiger charge is 2.40. The average molecular weight is 525 g/mol. The molecule has 0 spiro atoms. The first kappa shape index (κ1) is 29.5. The average Bonchev–Trinajstić information content (AvgIpc) is 2.90. The number of nitro groups is 3. The molecule has 0 aliphatic heterocycles. The molecule has 0 saturated carbocycles. The van der Waals surface area contributed by atoms with Crippen LogP contribution in [0.25, 0.3) is 0 Å². The number of nitrogens with zero attached hydrogens (tertiary/aromatic N) is 4. The van der Waals surface area contributed by atoms with Gasteiger partial charge in [-0.25, -0.2) is 0 Å². The van der Waals surface area contributed by atoms with Crippen molar-refractivity contribution in [3.05, 3.63) is 114 Å². The second kappa shape index (κ2) is 13.0. The lowest BCUT2D eigenvalue weighted by Gasteiger charge is -2.34. The molecule has 0 aromatic heterocycles. The molecule has 3 aromatic carbocycles. The van der Waals surface area contributed by atoms with Crippen molar-refractivity contribution in [2.75, 3.05) is 20.6 Å². The zero-order valence-electron chi connectivity index (χ0n) is 21.1. The topological polar surface area (TPSA) is 170 Å². The van der Waals surface area contributed by atoms with Gasteiger partial charge in [0.25, 0.3) is 11.4 Å². The number of hydrogen-bond donors (Lipinski definition) is 1. The van der Waals surface area contributed by atoms with E-state index in [2.05, 4.69) is 43.3 Å². The number of carbonyl (C=O) groups is 1. The highest BCUT2D eigenvalue weighted by molar-refractivity contribution is 5.93. The van der Waals surface area contributed by atoms with E-state index >= 15 is 0 Å². The van der Waals surface area contributed by atoms with Crippen molar-refractivity contribution in [3.63, 3.8) is 0 Å². The molecule has 38 heavy (non-hydrogen) atoms. The highest BCUT2D eigenvalue weighted by Crippen LogP contribution is 2.39. The van der Waals surface area contributed by atoms with Crippen LogP contribution in [-0.4, -0.2) is 51.2 Å². The molecular weight excluding hydrogens is 496 g/mol. The van der Waals surface area contributed by atoms with E-state index in [9.17, 15) is 35.1 Å². The van der Waals surface area contributed by atoms with Crippen LogP contribution in [0, 0.1) is 30.3 Å². The molecule has 0 amide bonds. The molecule has 0 aliphatic rings. The molecule has 0 aliphatic carbocycles. The summed E-state index contributed by atoms with van der Waals surface area (Å²) < 4.78 is 0. The van der Waals surface area contributed by atoms with Crippen LogP contribution in [0.3, 0.4) is 0 Å². The Morgan fingerprint density at radius 3 is 1.55 bits per heavy atom. The molecule has 200 valence electrons. The Balaban J connectivity index is 0.000000281. The number of non-ortho nitro benzene ring substituents is 1. The number of phenols is 1. The van der Waals surface area contributed by atoms with E-state index in [1.807, 2.05) is 43.3 Å². The third-order valence-electron chi connectivity index (χ3n) is 5.92. The van der Waals surface area contributed by atoms with Gasteiger partial charge in [-0.05, 0) is 38.2 Å². The molecule has 1 N–H and O–H groups in total. The van der Waals surface area contributed by atoms with Crippen molar-refractivity contribution in [1.29, 1.82) is 0 Å². The van der Waals surface area contributed by atoms with E-state index in [4.69, 9.17) is 5.11 Å². The summed E-state index contributed by atoms with van der Waals surface area (Å²) in [5.74, 6) is -0.924. The van der Waals surface area contributed by atoms with Crippen LogP contribution in [0.2, 0.25) is 0 Å². The third kappa shape index (κ3) is 6.73. The SMILES string of the molecule is CCC(=O)C(CCN(C)C)(c1ccccc1)c1ccccc1.O=[N+]([O-])c1cc([N+](=O)[O-])c(O)c([N+](=O)[O-])c1. The van der Waals surface area contributed by atoms with E-state index in [0.29, 0.717) is 18.6 Å². The summed E-state index contributed by atoms with van der Waals surface area (Å²) in [5, 5.41) is 40.2. The predicted molar refractivity (Wildman–Crippen MR) is 140 cm³/mol. The minimum atomic E-state index is -1.21. The fourth-order valence-electron chi connectivity index (χ4n) is 4.03. The number of carbonyl (C=O) groups excluding carboxylic acids is 1. The van der Waals surface area contributed by atoms with Gasteiger partial charge in [-0.1, -0.05) is 67.6 Å². The third-order valence-corrected chi connectivity index (χ3v) is 5.92. The molecular formula is C26H28N4O8. The van der Waals surface area contributed by atoms with Crippen LogP contribution < -0.4 is 0 Å². The van der Waals surface area contributed by atoms with Crippen LogP contribution >= 0.6 is 0 Å². The second-order valence-corrected chi connectivity index (χ2v) is 8.57. The maximum absolute atomic E-state index is 13.0. The Kier molecular flexibility index (Phi) is 10.1. The normalized spacial score (nSPS) is 10.8. The maximum Gasteiger partial charge on any atom is 0.324 e. The zero-order chi connectivity index (χ0) is 28.5. The van der Waals surface area contributed by atoms with Gasteiger partial charge >= 0.3 is 11.4 Å². The Morgan fingerprint density at radius 1 is 0.816 bits per heavy atom. The van der Waals surface area contributed by atoms with Crippen LogP contribution in [0.15, 0.2) is 72.8 Å². The highest BCUT2D eigenvalue weighted by atomic mass is 16.6. The van der Waals surface area contributed by atoms with Gasteiger partial charge < -0.3 is 10.0 Å². The van der Waals surface area contributed by atoms with E-state index in [0.717, 1.165) is 24.1 Å². The second-order valence-electron chi connectivity index (χ2n) is 8.57. The van der Waals surface area contributed by atoms with Gasteiger partial charge in [-0.3, -0.25) is 35.1 Å². The molecule has 0 unspecified atom stereocenters. The van der Waals surface area contributed by atoms with Crippen molar-refractivity contribution < 1.29 is 24.7 Å². The van der Waals surface area contributed by atoms with Crippen LogP contribution in [0.5, 0.6) is 5.75 Å². The first-order valence-electron chi connectivity index (χ1n) is 11.5. The molecule has 0 fully saturated rings. The number of aromatic hydroxyl groups is 1. The summed E-state index contributed by atoms with van der Waals surface area (Å²) in [5.41, 5.74) is -1.37. The van der Waals surface area contributed by atoms with E-state index in [-0.39, 0.29) is 5.78 Å². The lowest BCUT2D eigenvalue weighted by Crippen LogP contribution is -2.39. The molecule has 3 aromatic rings. The van der Waals surface area contributed by atoms with Crippen molar-refractivity contribution in [1.82, 2.24) is 4.90 Å². The van der Waals surface area contributed by atoms with Gasteiger partial charge in [-0.2, -0.15) is 0 Å². The summed E-state index contributed by atoms with van der Waals surface area (Å²) in [6.45, 7) is 2.83. The monoisotopic (exact) mass is 524 g/mol. The van der Waals surface area contributed by atoms with Gasteiger partial charge in [0.05, 0.1) is 32.3 Å². The largest absolute Gasteiger partial charge is 0.497 e. The fourth-order valence-corrected chi connectivity index (χ4v) is 4.03. The lowest BCUT2D eigenvalue weighted by molar-refractivity contribution is -0.404. The fraction of sp³-hybridized carbons (Fsp3) is 0.269. The lowest BCUT2D eigenvalue weighted by atomic mass is 9.68. The minimum absolute atomic E-state index is 0.284. The number of rotatable bonds is 10. The molecule has 0 heterocycles. The van der Waals surface area contributed by atoms with Gasteiger partial charge in [0.2, 0.25) is 0 Å². The van der Waals surface area contributed by atoms with Crippen LogP contribution in [0.1, 0.15) is 30.9 Å². The quantitative estimate of drug-likeness (QED) is 0.282. The van der Waals surface area contributed by atoms with E-state index in [1.165, 1.54) is 0 Å². The smallest absolute Gasteiger partial charge is 0.324 e. The van der Waals surface area contributed by atoms with Crippen LogP contribution in [0.4, 0.5) is 17.1 Å². The predicted octanol–water partition coefficient (Wildman–Crippen LogP) is 5.02. The summed E-state index contributed by atoms with van der Waals surface area (Å²) in [6, 6.07) is 21.3. The number of nitro benzene ring substituents is 3. The van der Waals surface area contributed by atoms with Gasteiger partial charge in [0, 0.05) is 6.42 Å². The number of benzene rings is 3. The van der Waals surface area contributed by atoms with Gasteiger partial charge in [0.15, 0.2) is 0 Å². The first-order chi connectivity index (χ1) is 17.9. The van der Waals surface area contributed by atoms with Gasteiger partial charge in [-0.15, -0.1) is 0 Å². The maximum atomic E-state index is 13.0. The molecule has 0 radical (unpaired) electrons. The summed E-state index contributed by atoms with van der Waals surface area (Å²) in [6.07, 6.45) is 1.33. The summed E-state index contributed by atoms with van der Waals surface area (Å²) >= 11 is 0. The molecule has 3 rings (SSSR count). The molecule has 12 nitrogen and oxygen atoms in total. The van der Waals surface area contributed by atoms with Crippen molar-refractivity contribution in [3.8, 4) is 5.75 Å². The minimum Gasteiger partial charge on any atom is -0.497 e. The Bertz CT molecular complexity index is 1220. The number of ketones is 1.